The van der Waals surface area contributed by atoms with Crippen LogP contribution in [0.3, 0.4) is 0 Å². The quantitative estimate of drug-likeness (QED) is 0.743. The first-order chi connectivity index (χ1) is 6.48. The molecule has 0 aromatic carbocycles. The maximum absolute atomic E-state index is 12.3. The molecule has 2 aromatic rings. The number of rotatable bonds is 0. The van der Waals surface area contributed by atoms with Gasteiger partial charge in [-0.2, -0.15) is 13.2 Å². The monoisotopic (exact) mass is 221 g/mol. The first kappa shape index (κ1) is 9.26. The van der Waals surface area contributed by atoms with Crippen molar-refractivity contribution >= 4 is 22.8 Å². The average Bonchev–Trinajstić information content (AvgIpc) is 2.45. The molecule has 3 nitrogen and oxygen atoms in total. The second-order valence-electron chi connectivity index (χ2n) is 2.59. The number of hydrogen-bond acceptors (Lipinski definition) is 2. The summed E-state index contributed by atoms with van der Waals surface area (Å²) in [7, 11) is 0. The van der Waals surface area contributed by atoms with Crippen molar-refractivity contribution in [1.29, 1.82) is 0 Å². The number of nitrogens with one attached hydrogen (secondary N) is 1. The summed E-state index contributed by atoms with van der Waals surface area (Å²) < 4.78 is 37.0. The van der Waals surface area contributed by atoms with Gasteiger partial charge in [0.05, 0.1) is 6.20 Å². The van der Waals surface area contributed by atoms with Gasteiger partial charge in [-0.1, -0.05) is 11.6 Å². The first-order valence-corrected chi connectivity index (χ1v) is 3.93. The Kier molecular flexibility index (Phi) is 1.88. The lowest BCUT2D eigenvalue weighted by atomic mass is 10.3. The number of alkyl halides is 3. The van der Waals surface area contributed by atoms with Crippen LogP contribution >= 0.6 is 11.6 Å². The molecule has 0 aliphatic heterocycles. The van der Waals surface area contributed by atoms with Crippen LogP contribution in [0.5, 0.6) is 0 Å². The summed E-state index contributed by atoms with van der Waals surface area (Å²) in [4.78, 5) is 9.58. The van der Waals surface area contributed by atoms with E-state index in [-0.39, 0.29) is 16.3 Å². The van der Waals surface area contributed by atoms with E-state index < -0.39 is 11.7 Å². The van der Waals surface area contributed by atoms with Gasteiger partial charge in [0.15, 0.2) is 5.65 Å². The molecule has 7 heteroatoms. The molecule has 0 fully saturated rings. The van der Waals surface area contributed by atoms with Gasteiger partial charge in [0.25, 0.3) is 0 Å². The van der Waals surface area contributed by atoms with Crippen molar-refractivity contribution in [3.63, 3.8) is 0 Å². The summed E-state index contributed by atoms with van der Waals surface area (Å²) in [6.45, 7) is 0. The van der Waals surface area contributed by atoms with Gasteiger partial charge in [0.2, 0.25) is 0 Å². The molecule has 0 amide bonds. The van der Waals surface area contributed by atoms with Crippen LogP contribution in [0.25, 0.3) is 11.2 Å². The number of aromatic nitrogens is 3. The fourth-order valence-electron chi connectivity index (χ4n) is 1.09. The predicted octanol–water partition coefficient (Wildman–Crippen LogP) is 2.63. The molecule has 0 bridgehead atoms. The molecular weight excluding hydrogens is 219 g/mol. The lowest BCUT2D eigenvalue weighted by molar-refractivity contribution is -0.136. The number of nitrogens with zero attached hydrogens (tertiary/aromatic N) is 2. The van der Waals surface area contributed by atoms with Crippen molar-refractivity contribution < 1.29 is 13.2 Å². The van der Waals surface area contributed by atoms with Gasteiger partial charge in [0.1, 0.15) is 16.2 Å². The number of aromatic amines is 1. The van der Waals surface area contributed by atoms with Crippen LogP contribution in [0.2, 0.25) is 5.15 Å². The van der Waals surface area contributed by atoms with Gasteiger partial charge in [-0.05, 0) is 0 Å². The Hall–Kier alpha value is -1.30. The number of fused-ring (bicyclic) bond motifs is 1. The maximum atomic E-state index is 12.3. The molecule has 2 aromatic heterocycles. The largest absolute Gasteiger partial charge is 0.420 e. The van der Waals surface area contributed by atoms with E-state index in [1.54, 1.807) is 0 Å². The third kappa shape index (κ3) is 1.41. The van der Waals surface area contributed by atoms with Crippen molar-refractivity contribution in [3.8, 4) is 0 Å². The fraction of sp³-hybridized carbons (Fsp3) is 0.143. The Morgan fingerprint density at radius 3 is 2.71 bits per heavy atom. The van der Waals surface area contributed by atoms with Crippen molar-refractivity contribution in [3.05, 3.63) is 23.1 Å². The number of H-pyrrole nitrogens is 1. The van der Waals surface area contributed by atoms with Crippen molar-refractivity contribution in [1.82, 2.24) is 15.0 Å². The fourth-order valence-corrected chi connectivity index (χ4v) is 1.22. The third-order valence-corrected chi connectivity index (χ3v) is 1.84. The SMILES string of the molecule is FC(F)(F)c1c[nH]c2nc(Cl)cnc12. The van der Waals surface area contributed by atoms with E-state index in [0.29, 0.717) is 0 Å². The van der Waals surface area contributed by atoms with Crippen LogP contribution in [0.1, 0.15) is 5.56 Å². The van der Waals surface area contributed by atoms with Crippen LogP contribution in [0, 0.1) is 0 Å². The number of halogens is 4. The van der Waals surface area contributed by atoms with Crippen molar-refractivity contribution in [2.24, 2.45) is 0 Å². The van der Waals surface area contributed by atoms with Crippen molar-refractivity contribution in [2.75, 3.05) is 0 Å². The van der Waals surface area contributed by atoms with E-state index in [4.69, 9.17) is 11.6 Å². The molecule has 0 aliphatic carbocycles. The van der Waals surface area contributed by atoms with Crippen molar-refractivity contribution in [2.45, 2.75) is 6.18 Å². The van der Waals surface area contributed by atoms with Gasteiger partial charge < -0.3 is 4.98 Å². The maximum Gasteiger partial charge on any atom is 0.420 e. The van der Waals surface area contributed by atoms with Gasteiger partial charge in [-0.15, -0.1) is 0 Å². The van der Waals surface area contributed by atoms with E-state index in [2.05, 4.69) is 15.0 Å². The molecule has 0 unspecified atom stereocenters. The Morgan fingerprint density at radius 1 is 1.36 bits per heavy atom. The highest BCUT2D eigenvalue weighted by molar-refractivity contribution is 6.29. The van der Waals surface area contributed by atoms with Crippen LogP contribution < -0.4 is 0 Å². The second kappa shape index (κ2) is 2.84. The molecule has 14 heavy (non-hydrogen) atoms. The van der Waals surface area contributed by atoms with E-state index in [0.717, 1.165) is 12.4 Å². The Labute approximate surface area is 80.9 Å². The summed E-state index contributed by atoms with van der Waals surface area (Å²) in [5, 5.41) is 0.0491. The topological polar surface area (TPSA) is 41.6 Å². The lowest BCUT2D eigenvalue weighted by Gasteiger charge is -2.02. The minimum Gasteiger partial charge on any atom is -0.344 e. The van der Waals surface area contributed by atoms with E-state index in [1.165, 1.54) is 0 Å². The third-order valence-electron chi connectivity index (χ3n) is 1.66. The molecule has 0 aliphatic rings. The summed E-state index contributed by atoms with van der Waals surface area (Å²) in [6.07, 6.45) is -2.53. The summed E-state index contributed by atoms with van der Waals surface area (Å²) in [5.41, 5.74) is -1.02. The van der Waals surface area contributed by atoms with Gasteiger partial charge >= 0.3 is 6.18 Å². The van der Waals surface area contributed by atoms with Crippen LogP contribution in [-0.2, 0) is 6.18 Å². The smallest absolute Gasteiger partial charge is 0.344 e. The first-order valence-electron chi connectivity index (χ1n) is 3.55. The second-order valence-corrected chi connectivity index (χ2v) is 2.98. The van der Waals surface area contributed by atoms with Crippen LogP contribution in [0.15, 0.2) is 12.4 Å². The molecule has 2 heterocycles. The Bertz CT molecular complexity index is 476. The molecule has 1 N–H and O–H groups in total. The van der Waals surface area contributed by atoms with Crippen LogP contribution in [-0.4, -0.2) is 15.0 Å². The molecule has 74 valence electrons. The predicted molar refractivity (Wildman–Crippen MR) is 43.9 cm³/mol. The number of hydrogen-bond donors (Lipinski definition) is 1. The zero-order valence-corrected chi connectivity index (χ0v) is 7.32. The minimum atomic E-state index is -4.43. The zero-order valence-electron chi connectivity index (χ0n) is 6.56. The van der Waals surface area contributed by atoms with Gasteiger partial charge in [-0.25, -0.2) is 9.97 Å². The summed E-state index contributed by atoms with van der Waals surface area (Å²) >= 11 is 5.47. The normalized spacial score (nSPS) is 12.3. The average molecular weight is 222 g/mol. The minimum absolute atomic E-state index is 0.0322. The standard InChI is InChI=1S/C7H3ClF3N3/c8-4-2-12-5-3(7(9,10)11)1-13-6(5)14-4/h1-2H,(H,13,14). The highest BCUT2D eigenvalue weighted by Crippen LogP contribution is 2.33. The van der Waals surface area contributed by atoms with Crippen LogP contribution in [0.4, 0.5) is 13.2 Å². The molecule has 0 radical (unpaired) electrons. The summed E-state index contributed by atoms with van der Waals surface area (Å²) in [5.74, 6) is 0. The molecule has 0 spiro atoms. The van der Waals surface area contributed by atoms with E-state index in [1.807, 2.05) is 0 Å². The summed E-state index contributed by atoms with van der Waals surface area (Å²) in [6, 6.07) is 0. The van der Waals surface area contributed by atoms with E-state index >= 15 is 0 Å². The Balaban J connectivity index is 2.70. The van der Waals surface area contributed by atoms with Gasteiger partial charge in [0, 0.05) is 6.20 Å². The molecule has 0 saturated carbocycles. The van der Waals surface area contributed by atoms with E-state index in [9.17, 15) is 13.2 Å². The molecule has 2 rings (SSSR count). The molecular formula is C7H3ClF3N3. The Morgan fingerprint density at radius 2 is 2.07 bits per heavy atom. The van der Waals surface area contributed by atoms with Gasteiger partial charge in [-0.3, -0.25) is 0 Å². The zero-order chi connectivity index (χ0) is 10.3. The molecule has 0 saturated heterocycles. The highest BCUT2D eigenvalue weighted by Gasteiger charge is 2.34. The molecule has 0 atom stereocenters. The highest BCUT2D eigenvalue weighted by atomic mass is 35.5. The lowest BCUT2D eigenvalue weighted by Crippen LogP contribution is -2.04.